The molecule has 0 saturated carbocycles. The molecule has 0 aromatic heterocycles. The minimum absolute atomic E-state index is 0.172. The zero-order chi connectivity index (χ0) is 13.1. The second-order valence-electron chi connectivity index (χ2n) is 5.39. The fourth-order valence-electron chi connectivity index (χ4n) is 2.43. The van der Waals surface area contributed by atoms with Crippen molar-refractivity contribution in [1.82, 2.24) is 4.90 Å². The van der Waals surface area contributed by atoms with Crippen molar-refractivity contribution >= 4 is 11.6 Å². The molecular weight excluding hydrogens is 224 g/mol. The van der Waals surface area contributed by atoms with Crippen LogP contribution in [0.15, 0.2) is 24.3 Å². The maximum absolute atomic E-state index is 12.5. The van der Waals surface area contributed by atoms with Crippen LogP contribution in [-0.4, -0.2) is 38.0 Å². The van der Waals surface area contributed by atoms with Gasteiger partial charge in [0.1, 0.15) is 0 Å². The van der Waals surface area contributed by atoms with Crippen molar-refractivity contribution in [3.05, 3.63) is 29.8 Å². The van der Waals surface area contributed by atoms with E-state index in [2.05, 4.69) is 6.92 Å². The third-order valence-electron chi connectivity index (χ3n) is 3.69. The van der Waals surface area contributed by atoms with Gasteiger partial charge in [-0.1, -0.05) is 19.1 Å². The lowest BCUT2D eigenvalue weighted by Gasteiger charge is -2.31. The van der Waals surface area contributed by atoms with Crippen LogP contribution in [-0.2, 0) is 0 Å². The van der Waals surface area contributed by atoms with Crippen molar-refractivity contribution in [3.8, 4) is 0 Å². The lowest BCUT2D eigenvalue weighted by molar-refractivity contribution is 0.0698. The van der Waals surface area contributed by atoms with Gasteiger partial charge in [0, 0.05) is 32.9 Å². The van der Waals surface area contributed by atoms with Crippen LogP contribution in [0.25, 0.3) is 0 Å². The van der Waals surface area contributed by atoms with Crippen LogP contribution < -0.4 is 4.90 Å². The highest BCUT2D eigenvalue weighted by atomic mass is 16.2. The molecule has 0 unspecified atom stereocenters. The van der Waals surface area contributed by atoms with Crippen LogP contribution in [0.3, 0.4) is 0 Å². The molecule has 2 rings (SSSR count). The summed E-state index contributed by atoms with van der Waals surface area (Å²) in [5, 5.41) is 0. The molecule has 1 aliphatic heterocycles. The monoisotopic (exact) mass is 246 g/mol. The molecule has 3 nitrogen and oxygen atoms in total. The van der Waals surface area contributed by atoms with Gasteiger partial charge in [-0.25, -0.2) is 0 Å². The van der Waals surface area contributed by atoms with Crippen LogP contribution in [0.1, 0.15) is 30.1 Å². The number of hydrogen-bond acceptors (Lipinski definition) is 2. The van der Waals surface area contributed by atoms with Crippen molar-refractivity contribution in [2.45, 2.75) is 19.8 Å². The molecule has 18 heavy (non-hydrogen) atoms. The van der Waals surface area contributed by atoms with Crippen LogP contribution in [0, 0.1) is 5.92 Å². The smallest absolute Gasteiger partial charge is 0.255 e. The van der Waals surface area contributed by atoms with Gasteiger partial charge < -0.3 is 9.80 Å². The molecule has 1 heterocycles. The standard InChI is InChI=1S/C15H22N2O/c1-12-8-10-17(11-9-12)15(18)13-6-4-5-7-14(13)16(2)3/h4-7,12H,8-11H2,1-3H3. The van der Waals surface area contributed by atoms with E-state index in [-0.39, 0.29) is 5.91 Å². The Hall–Kier alpha value is -1.51. The van der Waals surface area contributed by atoms with Gasteiger partial charge in [-0.3, -0.25) is 4.79 Å². The zero-order valence-corrected chi connectivity index (χ0v) is 11.5. The number of hydrogen-bond donors (Lipinski definition) is 0. The van der Waals surface area contributed by atoms with Crippen LogP contribution >= 0.6 is 0 Å². The SMILES string of the molecule is CC1CCN(C(=O)c2ccccc2N(C)C)CC1. The number of benzene rings is 1. The fourth-order valence-corrected chi connectivity index (χ4v) is 2.43. The second-order valence-corrected chi connectivity index (χ2v) is 5.39. The van der Waals surface area contributed by atoms with Gasteiger partial charge in [-0.2, -0.15) is 0 Å². The van der Waals surface area contributed by atoms with Crippen molar-refractivity contribution in [3.63, 3.8) is 0 Å². The summed E-state index contributed by atoms with van der Waals surface area (Å²) < 4.78 is 0. The fraction of sp³-hybridized carbons (Fsp3) is 0.533. The van der Waals surface area contributed by atoms with Crippen molar-refractivity contribution < 1.29 is 4.79 Å². The molecule has 1 aromatic rings. The van der Waals surface area contributed by atoms with Gasteiger partial charge in [-0.05, 0) is 30.9 Å². The van der Waals surface area contributed by atoms with Gasteiger partial charge in [0.25, 0.3) is 5.91 Å². The van der Waals surface area contributed by atoms with E-state index in [0.717, 1.165) is 43.1 Å². The molecule has 0 bridgehead atoms. The summed E-state index contributed by atoms with van der Waals surface area (Å²) in [6, 6.07) is 7.84. The lowest BCUT2D eigenvalue weighted by Crippen LogP contribution is -2.38. The molecule has 1 aromatic carbocycles. The average Bonchev–Trinajstić information content (AvgIpc) is 2.39. The number of anilines is 1. The van der Waals surface area contributed by atoms with E-state index in [1.807, 2.05) is 48.2 Å². The van der Waals surface area contributed by atoms with E-state index in [1.165, 1.54) is 0 Å². The molecule has 3 heteroatoms. The first kappa shape index (κ1) is 12.9. The minimum Gasteiger partial charge on any atom is -0.377 e. The highest BCUT2D eigenvalue weighted by molar-refractivity contribution is 5.99. The second kappa shape index (κ2) is 5.42. The Balaban J connectivity index is 2.18. The highest BCUT2D eigenvalue weighted by Crippen LogP contribution is 2.23. The minimum atomic E-state index is 0.172. The van der Waals surface area contributed by atoms with Crippen molar-refractivity contribution in [1.29, 1.82) is 0 Å². The molecule has 1 fully saturated rings. The third kappa shape index (κ3) is 2.66. The molecule has 98 valence electrons. The number of likely N-dealkylation sites (tertiary alicyclic amines) is 1. The Labute approximate surface area is 109 Å². The van der Waals surface area contributed by atoms with Gasteiger partial charge in [0.05, 0.1) is 5.56 Å². The number of rotatable bonds is 2. The van der Waals surface area contributed by atoms with E-state index in [9.17, 15) is 4.79 Å². The number of piperidine rings is 1. The first-order valence-corrected chi connectivity index (χ1v) is 6.65. The molecule has 0 spiro atoms. The summed E-state index contributed by atoms with van der Waals surface area (Å²) in [6.45, 7) is 4.04. The number of para-hydroxylation sites is 1. The highest BCUT2D eigenvalue weighted by Gasteiger charge is 2.23. The van der Waals surface area contributed by atoms with Gasteiger partial charge >= 0.3 is 0 Å². The van der Waals surface area contributed by atoms with Crippen LogP contribution in [0.5, 0.6) is 0 Å². The van der Waals surface area contributed by atoms with Crippen molar-refractivity contribution in [2.75, 3.05) is 32.1 Å². The largest absolute Gasteiger partial charge is 0.377 e. The van der Waals surface area contributed by atoms with E-state index >= 15 is 0 Å². The molecule has 0 N–H and O–H groups in total. The predicted molar refractivity (Wildman–Crippen MR) is 75.1 cm³/mol. The Morgan fingerprint density at radius 3 is 2.44 bits per heavy atom. The molecular formula is C15H22N2O. The maximum atomic E-state index is 12.5. The Kier molecular flexibility index (Phi) is 3.90. The molecule has 1 amide bonds. The average molecular weight is 246 g/mol. The van der Waals surface area contributed by atoms with Crippen LogP contribution in [0.4, 0.5) is 5.69 Å². The Bertz CT molecular complexity index is 420. The molecule has 0 aliphatic carbocycles. The summed E-state index contributed by atoms with van der Waals surface area (Å²) in [5.74, 6) is 0.921. The quantitative estimate of drug-likeness (QED) is 0.801. The molecule has 0 atom stereocenters. The summed E-state index contributed by atoms with van der Waals surface area (Å²) in [7, 11) is 3.95. The van der Waals surface area contributed by atoms with Crippen LogP contribution in [0.2, 0.25) is 0 Å². The normalized spacial score (nSPS) is 16.7. The predicted octanol–water partition coefficient (Wildman–Crippen LogP) is 2.62. The number of nitrogens with zero attached hydrogens (tertiary/aromatic N) is 2. The third-order valence-corrected chi connectivity index (χ3v) is 3.69. The Morgan fingerprint density at radius 1 is 1.22 bits per heavy atom. The summed E-state index contributed by atoms with van der Waals surface area (Å²) in [5.41, 5.74) is 1.82. The first-order valence-electron chi connectivity index (χ1n) is 6.65. The summed E-state index contributed by atoms with van der Waals surface area (Å²) in [6.07, 6.45) is 2.24. The van der Waals surface area contributed by atoms with E-state index in [1.54, 1.807) is 0 Å². The van der Waals surface area contributed by atoms with E-state index in [4.69, 9.17) is 0 Å². The summed E-state index contributed by atoms with van der Waals surface area (Å²) >= 11 is 0. The maximum Gasteiger partial charge on any atom is 0.255 e. The topological polar surface area (TPSA) is 23.6 Å². The number of amides is 1. The Morgan fingerprint density at radius 2 is 1.83 bits per heavy atom. The molecule has 1 aliphatic rings. The van der Waals surface area contributed by atoms with E-state index in [0.29, 0.717) is 0 Å². The molecule has 1 saturated heterocycles. The van der Waals surface area contributed by atoms with Crippen molar-refractivity contribution in [2.24, 2.45) is 5.92 Å². The zero-order valence-electron chi connectivity index (χ0n) is 11.5. The van der Waals surface area contributed by atoms with E-state index < -0.39 is 0 Å². The van der Waals surface area contributed by atoms with Gasteiger partial charge in [0.15, 0.2) is 0 Å². The lowest BCUT2D eigenvalue weighted by atomic mass is 9.98. The van der Waals surface area contributed by atoms with Gasteiger partial charge in [-0.15, -0.1) is 0 Å². The van der Waals surface area contributed by atoms with Gasteiger partial charge in [0.2, 0.25) is 0 Å². The first-order chi connectivity index (χ1) is 8.59. The summed E-state index contributed by atoms with van der Waals surface area (Å²) in [4.78, 5) is 16.5. The number of carbonyl (C=O) groups excluding carboxylic acids is 1. The number of carbonyl (C=O) groups is 1. The molecule has 0 radical (unpaired) electrons.